The van der Waals surface area contributed by atoms with Gasteiger partial charge >= 0.3 is 0 Å². The van der Waals surface area contributed by atoms with Gasteiger partial charge in [-0.2, -0.15) is 0 Å². The molecule has 10 aromatic rings. The van der Waals surface area contributed by atoms with Gasteiger partial charge in [-0.1, -0.05) is 121 Å². The minimum absolute atomic E-state index is 1.15. The molecule has 0 aliphatic carbocycles. The van der Waals surface area contributed by atoms with E-state index in [4.69, 9.17) is 0 Å². The number of nitrogens with zero attached hydrogens (tertiary/aromatic N) is 1. The molecular weight excluding hydrogens is 607 g/mol. The predicted molar refractivity (Wildman–Crippen MR) is 207 cm³/mol. The van der Waals surface area contributed by atoms with Crippen LogP contribution in [0, 0.1) is 0 Å². The van der Waals surface area contributed by atoms with E-state index in [1.807, 2.05) is 22.7 Å². The summed E-state index contributed by atoms with van der Waals surface area (Å²) >= 11 is 3.76. The van der Waals surface area contributed by atoms with Gasteiger partial charge < -0.3 is 4.90 Å². The summed E-state index contributed by atoms with van der Waals surface area (Å²) in [5, 5.41) is 10.3. The van der Waals surface area contributed by atoms with Gasteiger partial charge in [0.1, 0.15) is 0 Å². The number of benzene rings is 8. The lowest BCUT2D eigenvalue weighted by Crippen LogP contribution is -2.10. The normalized spacial score (nSPS) is 11.8. The van der Waals surface area contributed by atoms with Crippen molar-refractivity contribution in [2.24, 2.45) is 0 Å². The second-order valence-corrected chi connectivity index (χ2v) is 14.2. The lowest BCUT2D eigenvalue weighted by atomic mass is 9.99. The van der Waals surface area contributed by atoms with E-state index in [1.165, 1.54) is 78.7 Å². The highest BCUT2D eigenvalue weighted by molar-refractivity contribution is 7.26. The quantitative estimate of drug-likeness (QED) is 0.174. The number of rotatable bonds is 4. The average Bonchev–Trinajstić information content (AvgIpc) is 3.71. The molecule has 0 saturated carbocycles. The molecule has 0 saturated heterocycles. The largest absolute Gasteiger partial charge is 0.310 e. The second-order valence-electron chi connectivity index (χ2n) is 12.1. The number of thiophene rings is 2. The van der Waals surface area contributed by atoms with E-state index < -0.39 is 0 Å². The third-order valence-corrected chi connectivity index (χ3v) is 11.8. The van der Waals surface area contributed by atoms with E-state index in [1.54, 1.807) is 0 Å². The molecule has 3 heteroatoms. The fourth-order valence-electron chi connectivity index (χ4n) is 7.25. The van der Waals surface area contributed by atoms with Crippen molar-refractivity contribution >= 4 is 102 Å². The van der Waals surface area contributed by atoms with E-state index in [9.17, 15) is 0 Å². The van der Waals surface area contributed by atoms with Gasteiger partial charge in [0.25, 0.3) is 0 Å². The van der Waals surface area contributed by atoms with Gasteiger partial charge in [-0.3, -0.25) is 0 Å². The molecule has 0 spiro atoms. The summed E-state index contributed by atoms with van der Waals surface area (Å²) in [5.41, 5.74) is 6.02. The number of hydrogen-bond acceptors (Lipinski definition) is 3. The molecule has 2 aromatic heterocycles. The Morgan fingerprint density at radius 3 is 1.85 bits per heavy atom. The van der Waals surface area contributed by atoms with Crippen molar-refractivity contribution in [1.29, 1.82) is 0 Å². The molecule has 8 aromatic carbocycles. The van der Waals surface area contributed by atoms with Crippen molar-refractivity contribution in [2.45, 2.75) is 0 Å². The third-order valence-electron chi connectivity index (χ3n) is 9.44. The van der Waals surface area contributed by atoms with Gasteiger partial charge in [0.05, 0.1) is 5.69 Å². The topological polar surface area (TPSA) is 3.24 Å². The van der Waals surface area contributed by atoms with Gasteiger partial charge in [0.15, 0.2) is 0 Å². The highest BCUT2D eigenvalue weighted by atomic mass is 32.1. The van der Waals surface area contributed by atoms with Crippen LogP contribution in [-0.4, -0.2) is 0 Å². The molecule has 0 radical (unpaired) electrons. The molecule has 220 valence electrons. The maximum absolute atomic E-state index is 2.49. The van der Waals surface area contributed by atoms with Crippen molar-refractivity contribution < 1.29 is 0 Å². The Hall–Kier alpha value is -5.48. The highest BCUT2D eigenvalue weighted by Crippen LogP contribution is 2.49. The summed E-state index contributed by atoms with van der Waals surface area (Å²) in [6, 6.07) is 60.2. The molecule has 0 aliphatic rings. The predicted octanol–water partition coefficient (Wildman–Crippen LogP) is 13.9. The van der Waals surface area contributed by atoms with Gasteiger partial charge in [0, 0.05) is 51.7 Å². The molecule has 47 heavy (non-hydrogen) atoms. The van der Waals surface area contributed by atoms with Crippen molar-refractivity contribution in [1.82, 2.24) is 0 Å². The van der Waals surface area contributed by atoms with Crippen LogP contribution in [0.25, 0.3) is 73.0 Å². The monoisotopic (exact) mass is 633 g/mol. The first-order valence-electron chi connectivity index (χ1n) is 15.9. The Bertz CT molecular complexity index is 2810. The first kappa shape index (κ1) is 26.7. The van der Waals surface area contributed by atoms with E-state index >= 15 is 0 Å². The SMILES string of the molecule is c1ccc(-c2ccc(N(c3ccc4c(c3)sc3ccccc34)c3ccc4ccc5ccccc5c4c3)c3c2sc2ccccc23)cc1. The van der Waals surface area contributed by atoms with Crippen LogP contribution < -0.4 is 4.90 Å². The number of fused-ring (bicyclic) bond motifs is 9. The Labute approximate surface area is 280 Å². The van der Waals surface area contributed by atoms with Gasteiger partial charge in [0.2, 0.25) is 0 Å². The van der Waals surface area contributed by atoms with Gasteiger partial charge in [-0.05, 0) is 75.1 Å². The van der Waals surface area contributed by atoms with Crippen molar-refractivity contribution in [3.63, 3.8) is 0 Å². The molecule has 10 rings (SSSR count). The van der Waals surface area contributed by atoms with Crippen molar-refractivity contribution in [3.8, 4) is 11.1 Å². The van der Waals surface area contributed by atoms with E-state index in [0.717, 1.165) is 11.4 Å². The molecule has 0 N–H and O–H groups in total. The summed E-state index contributed by atoms with van der Waals surface area (Å²) in [6.07, 6.45) is 0. The summed E-state index contributed by atoms with van der Waals surface area (Å²) in [4.78, 5) is 2.49. The molecule has 0 aliphatic heterocycles. The molecular formula is C44H27NS2. The molecule has 0 bridgehead atoms. The molecule has 0 amide bonds. The number of hydrogen-bond donors (Lipinski definition) is 0. The standard InChI is InChI=1S/C44H27NS2/c1-2-10-28(11-3-1)34-24-25-39(43-37-15-7-9-17-41(37)47-44(34)43)45(32-22-23-36-35-14-6-8-16-40(35)46-42(36)27-32)31-21-20-30-19-18-29-12-4-5-13-33(29)38(30)26-31/h1-27H. The first-order chi connectivity index (χ1) is 23.3. The van der Waals surface area contributed by atoms with Crippen molar-refractivity contribution in [3.05, 3.63) is 164 Å². The maximum atomic E-state index is 2.49. The van der Waals surface area contributed by atoms with Crippen LogP contribution in [0.15, 0.2) is 164 Å². The average molecular weight is 634 g/mol. The zero-order chi connectivity index (χ0) is 30.9. The summed E-state index contributed by atoms with van der Waals surface area (Å²) in [5.74, 6) is 0. The fraction of sp³-hybridized carbons (Fsp3) is 0. The Morgan fingerprint density at radius 2 is 1.00 bits per heavy atom. The van der Waals surface area contributed by atoms with Crippen LogP contribution in [-0.2, 0) is 0 Å². The van der Waals surface area contributed by atoms with Gasteiger partial charge in [-0.15, -0.1) is 22.7 Å². The van der Waals surface area contributed by atoms with Crippen LogP contribution in [0.5, 0.6) is 0 Å². The lowest BCUT2D eigenvalue weighted by molar-refractivity contribution is 1.31. The minimum Gasteiger partial charge on any atom is -0.310 e. The summed E-state index contributed by atoms with van der Waals surface area (Å²) in [7, 11) is 0. The fourth-order valence-corrected chi connectivity index (χ4v) is 9.65. The highest BCUT2D eigenvalue weighted by Gasteiger charge is 2.22. The van der Waals surface area contributed by atoms with Crippen LogP contribution in [0.1, 0.15) is 0 Å². The Balaban J connectivity index is 1.30. The van der Waals surface area contributed by atoms with Gasteiger partial charge in [-0.25, -0.2) is 0 Å². The smallest absolute Gasteiger partial charge is 0.0555 e. The third kappa shape index (κ3) is 4.21. The second kappa shape index (κ2) is 10.5. The zero-order valence-corrected chi connectivity index (χ0v) is 27.0. The van der Waals surface area contributed by atoms with E-state index in [-0.39, 0.29) is 0 Å². The number of anilines is 3. The summed E-state index contributed by atoms with van der Waals surface area (Å²) in [6.45, 7) is 0. The molecule has 2 heterocycles. The minimum atomic E-state index is 1.15. The maximum Gasteiger partial charge on any atom is 0.0555 e. The van der Waals surface area contributed by atoms with E-state index in [0.29, 0.717) is 0 Å². The Kier molecular flexibility index (Phi) is 5.98. The van der Waals surface area contributed by atoms with Crippen LogP contribution in [0.4, 0.5) is 17.1 Å². The van der Waals surface area contributed by atoms with E-state index in [2.05, 4.69) is 169 Å². The lowest BCUT2D eigenvalue weighted by Gasteiger charge is -2.27. The first-order valence-corrected chi connectivity index (χ1v) is 17.6. The van der Waals surface area contributed by atoms with Crippen LogP contribution >= 0.6 is 22.7 Å². The molecule has 1 nitrogen and oxygen atoms in total. The molecule has 0 unspecified atom stereocenters. The molecule has 0 atom stereocenters. The van der Waals surface area contributed by atoms with Crippen LogP contribution in [0.2, 0.25) is 0 Å². The molecule has 0 fully saturated rings. The zero-order valence-electron chi connectivity index (χ0n) is 25.4. The summed E-state index contributed by atoms with van der Waals surface area (Å²) < 4.78 is 5.24. The Morgan fingerprint density at radius 1 is 0.383 bits per heavy atom. The van der Waals surface area contributed by atoms with Crippen LogP contribution in [0.3, 0.4) is 0 Å². The van der Waals surface area contributed by atoms with Crippen molar-refractivity contribution in [2.75, 3.05) is 4.90 Å².